The first-order chi connectivity index (χ1) is 6.50. The van der Waals surface area contributed by atoms with E-state index in [9.17, 15) is 18.3 Å². The predicted octanol–water partition coefficient (Wildman–Crippen LogP) is 2.84. The van der Waals surface area contributed by atoms with Gasteiger partial charge in [0, 0.05) is 0 Å². The van der Waals surface area contributed by atoms with Crippen LogP contribution in [0.1, 0.15) is 25.7 Å². The molecule has 1 heterocycles. The molecule has 0 aromatic heterocycles. The summed E-state index contributed by atoms with van der Waals surface area (Å²) in [5.41, 5.74) is 0. The average Bonchev–Trinajstić information content (AvgIpc) is 2.44. The van der Waals surface area contributed by atoms with E-state index in [1.165, 1.54) is 0 Å². The Morgan fingerprint density at radius 2 is 1.86 bits per heavy atom. The van der Waals surface area contributed by atoms with Crippen molar-refractivity contribution < 1.29 is 21.3 Å². The maximum absolute atomic E-state index is 12.5. The molecule has 2 fully saturated rings. The standard InChI is InChI=1S/C8H12F3IO2/c9-8(10,11)12-6-4-2-1-3-5(6)7(13)14-12/h5-7,13H,1-4H2. The molecule has 2 rings (SSSR count). The van der Waals surface area contributed by atoms with Crippen LogP contribution in [0.5, 0.6) is 0 Å². The second kappa shape index (κ2) is 3.79. The summed E-state index contributed by atoms with van der Waals surface area (Å²) in [5.74, 6) is -0.240. The number of aliphatic hydroxyl groups is 1. The number of hydrogen-bond acceptors (Lipinski definition) is 2. The first kappa shape index (κ1) is 10.9. The number of fused-ring (bicyclic) bond motifs is 1. The van der Waals surface area contributed by atoms with E-state index in [0.717, 1.165) is 12.8 Å². The van der Waals surface area contributed by atoms with Gasteiger partial charge in [0.05, 0.1) is 0 Å². The maximum atomic E-state index is 12.5. The molecule has 2 nitrogen and oxygen atoms in total. The van der Waals surface area contributed by atoms with Crippen molar-refractivity contribution in [1.82, 2.24) is 0 Å². The number of alkyl halides is 5. The van der Waals surface area contributed by atoms with Gasteiger partial charge in [-0.05, 0) is 0 Å². The molecule has 1 N–H and O–H groups in total. The summed E-state index contributed by atoms with van der Waals surface area (Å²) in [6.07, 6.45) is 1.90. The van der Waals surface area contributed by atoms with E-state index >= 15 is 0 Å². The van der Waals surface area contributed by atoms with Gasteiger partial charge in [-0.2, -0.15) is 0 Å². The molecule has 3 unspecified atom stereocenters. The normalized spacial score (nSPS) is 41.1. The van der Waals surface area contributed by atoms with Gasteiger partial charge < -0.3 is 0 Å². The van der Waals surface area contributed by atoms with Gasteiger partial charge in [0.2, 0.25) is 0 Å². The van der Waals surface area contributed by atoms with Crippen LogP contribution in [0.4, 0.5) is 13.2 Å². The molecule has 1 saturated heterocycles. The van der Waals surface area contributed by atoms with E-state index in [2.05, 4.69) is 0 Å². The number of halogens is 4. The zero-order chi connectivity index (χ0) is 10.3. The summed E-state index contributed by atoms with van der Waals surface area (Å²) in [4.78, 5) is 0. The van der Waals surface area contributed by atoms with Crippen LogP contribution in [0.2, 0.25) is 0 Å². The van der Waals surface area contributed by atoms with Crippen LogP contribution in [-0.2, 0) is 3.07 Å². The zero-order valence-electron chi connectivity index (χ0n) is 7.43. The Morgan fingerprint density at radius 1 is 1.21 bits per heavy atom. The molecule has 1 aliphatic heterocycles. The van der Waals surface area contributed by atoms with E-state index in [4.69, 9.17) is 3.07 Å². The minimum absolute atomic E-state index is 0.240. The Kier molecular flexibility index (Phi) is 2.96. The van der Waals surface area contributed by atoms with Crippen molar-refractivity contribution in [3.05, 3.63) is 0 Å². The first-order valence-electron chi connectivity index (χ1n) is 4.61. The number of hydrogen-bond donors (Lipinski definition) is 1. The van der Waals surface area contributed by atoms with Crippen molar-refractivity contribution in [2.75, 3.05) is 0 Å². The van der Waals surface area contributed by atoms with Gasteiger partial charge in [-0.3, -0.25) is 0 Å². The molecule has 6 heteroatoms. The fourth-order valence-electron chi connectivity index (χ4n) is 2.12. The molecule has 1 aliphatic carbocycles. The van der Waals surface area contributed by atoms with Crippen molar-refractivity contribution >= 4 is 20.2 Å². The summed E-state index contributed by atoms with van der Waals surface area (Å²) in [6.45, 7) is 0. The first-order valence-corrected chi connectivity index (χ1v) is 7.81. The van der Waals surface area contributed by atoms with Crippen LogP contribution in [0, 0.1) is 5.92 Å². The second-order valence-corrected chi connectivity index (χ2v) is 8.55. The van der Waals surface area contributed by atoms with Gasteiger partial charge in [-0.15, -0.1) is 0 Å². The van der Waals surface area contributed by atoms with E-state index in [1.807, 2.05) is 0 Å². The van der Waals surface area contributed by atoms with Gasteiger partial charge in [0.25, 0.3) is 0 Å². The Hall–Kier alpha value is 0.440. The van der Waals surface area contributed by atoms with Crippen LogP contribution in [0.15, 0.2) is 0 Å². The van der Waals surface area contributed by atoms with Gasteiger partial charge >= 0.3 is 87.6 Å². The van der Waals surface area contributed by atoms with Crippen LogP contribution >= 0.6 is 20.2 Å². The van der Waals surface area contributed by atoms with Gasteiger partial charge in [0.15, 0.2) is 0 Å². The van der Waals surface area contributed by atoms with Crippen LogP contribution in [-0.4, -0.2) is 19.5 Å². The Morgan fingerprint density at radius 3 is 2.50 bits per heavy atom. The van der Waals surface area contributed by atoms with Gasteiger partial charge in [0.1, 0.15) is 0 Å². The molecule has 14 heavy (non-hydrogen) atoms. The molecule has 1 saturated carbocycles. The summed E-state index contributed by atoms with van der Waals surface area (Å²) in [5, 5.41) is 9.38. The topological polar surface area (TPSA) is 29.5 Å². The van der Waals surface area contributed by atoms with Crippen molar-refractivity contribution in [2.45, 2.75) is 40.1 Å². The fourth-order valence-corrected chi connectivity index (χ4v) is 7.19. The van der Waals surface area contributed by atoms with Crippen molar-refractivity contribution in [2.24, 2.45) is 5.92 Å². The van der Waals surface area contributed by atoms with E-state index in [1.54, 1.807) is 0 Å². The van der Waals surface area contributed by atoms with Crippen LogP contribution in [0.3, 0.4) is 0 Å². The third kappa shape index (κ3) is 1.88. The molecule has 0 radical (unpaired) electrons. The summed E-state index contributed by atoms with van der Waals surface area (Å²) in [7, 11) is 0. The summed E-state index contributed by atoms with van der Waals surface area (Å²) < 4.78 is 37.8. The fraction of sp³-hybridized carbons (Fsp3) is 1.00. The van der Waals surface area contributed by atoms with Crippen molar-refractivity contribution in [3.8, 4) is 0 Å². The Labute approximate surface area is 87.7 Å². The summed E-state index contributed by atoms with van der Waals surface area (Å²) in [6, 6.07) is 0. The van der Waals surface area contributed by atoms with Gasteiger partial charge in [-0.25, -0.2) is 0 Å². The van der Waals surface area contributed by atoms with E-state index < -0.39 is 30.7 Å². The molecule has 3 atom stereocenters. The van der Waals surface area contributed by atoms with Gasteiger partial charge in [-0.1, -0.05) is 0 Å². The average molecular weight is 324 g/mol. The van der Waals surface area contributed by atoms with Crippen LogP contribution < -0.4 is 0 Å². The molecule has 0 aromatic carbocycles. The minimum atomic E-state index is -4.18. The molecule has 0 amide bonds. The molecule has 0 spiro atoms. The molecule has 0 aromatic rings. The number of aliphatic hydroxyl groups excluding tert-OH is 1. The Balaban J connectivity index is 2.14. The molecule has 0 bridgehead atoms. The molecular weight excluding hydrogens is 312 g/mol. The quantitative estimate of drug-likeness (QED) is 0.548. The monoisotopic (exact) mass is 324 g/mol. The summed E-state index contributed by atoms with van der Waals surface area (Å²) >= 11 is -3.40. The molecular formula is C8H12F3IO2. The number of rotatable bonds is 0. The molecule has 2 aliphatic rings. The van der Waals surface area contributed by atoms with E-state index in [-0.39, 0.29) is 9.84 Å². The Bertz CT molecular complexity index is 221. The molecule has 84 valence electrons. The zero-order valence-corrected chi connectivity index (χ0v) is 9.59. The second-order valence-electron chi connectivity index (χ2n) is 3.65. The van der Waals surface area contributed by atoms with E-state index in [0.29, 0.717) is 12.8 Å². The third-order valence-electron chi connectivity index (χ3n) is 2.75. The SMILES string of the molecule is OC1OI(C(F)(F)F)C2CCCCC12. The third-order valence-corrected chi connectivity index (χ3v) is 8.03. The van der Waals surface area contributed by atoms with Crippen molar-refractivity contribution in [3.63, 3.8) is 0 Å². The van der Waals surface area contributed by atoms with Crippen molar-refractivity contribution in [1.29, 1.82) is 0 Å². The van der Waals surface area contributed by atoms with Crippen LogP contribution in [0.25, 0.3) is 0 Å². The predicted molar refractivity (Wildman–Crippen MR) is 52.9 cm³/mol.